The number of thiophene rings is 2. The molecule has 0 aliphatic heterocycles. The van der Waals surface area contributed by atoms with Crippen molar-refractivity contribution in [3.05, 3.63) is 44.8 Å². The van der Waals surface area contributed by atoms with Gasteiger partial charge in [0.25, 0.3) is 0 Å². The number of nitrogens with zero attached hydrogens (tertiary/aromatic N) is 2. The normalized spacial score (nSPS) is 11.0. The van der Waals surface area contributed by atoms with Crippen molar-refractivity contribution >= 4 is 52.6 Å². The summed E-state index contributed by atoms with van der Waals surface area (Å²) in [6, 6.07) is 8.50. The Morgan fingerprint density at radius 1 is 1.19 bits per heavy atom. The molecule has 1 N–H and O–H groups in total. The van der Waals surface area contributed by atoms with Crippen molar-refractivity contribution in [1.29, 1.82) is 0 Å². The van der Waals surface area contributed by atoms with E-state index in [4.69, 9.17) is 4.99 Å². The van der Waals surface area contributed by atoms with Crippen molar-refractivity contribution in [2.45, 2.75) is 19.9 Å². The smallest absolute Gasteiger partial charge is 0.194 e. The summed E-state index contributed by atoms with van der Waals surface area (Å²) in [7, 11) is 2.10. The van der Waals surface area contributed by atoms with Gasteiger partial charge in [-0.15, -0.1) is 46.7 Å². The average Bonchev–Trinajstić information content (AvgIpc) is 3.13. The third kappa shape index (κ3) is 6.36. The molecule has 0 saturated carbocycles. The van der Waals surface area contributed by atoms with Crippen molar-refractivity contribution in [3.63, 3.8) is 0 Å². The lowest BCUT2D eigenvalue weighted by molar-refractivity contribution is 0.487. The molecule has 0 saturated heterocycles. The molecule has 0 amide bonds. The molecule has 0 fully saturated rings. The molecule has 0 aliphatic rings. The number of nitrogens with one attached hydrogen (secondary N) is 1. The molecule has 3 nitrogen and oxygen atoms in total. The number of halogens is 1. The molecule has 2 heterocycles. The molecule has 0 unspecified atom stereocenters. The van der Waals surface area contributed by atoms with E-state index in [0.29, 0.717) is 0 Å². The molecule has 0 radical (unpaired) electrons. The van der Waals surface area contributed by atoms with Gasteiger partial charge in [-0.2, -0.15) is 0 Å². The monoisotopic (exact) mass is 435 g/mol. The van der Waals surface area contributed by atoms with Gasteiger partial charge in [-0.3, -0.25) is 0 Å². The molecule has 116 valence electrons. The van der Waals surface area contributed by atoms with Crippen LogP contribution >= 0.6 is 46.7 Å². The van der Waals surface area contributed by atoms with Crippen molar-refractivity contribution in [1.82, 2.24) is 10.2 Å². The minimum atomic E-state index is 0. The van der Waals surface area contributed by atoms with Crippen LogP contribution < -0.4 is 5.32 Å². The SMILES string of the molecule is CCNC(=NCc1cccs1)N(C)CCc1cccs1.I. The van der Waals surface area contributed by atoms with Gasteiger partial charge in [0.15, 0.2) is 5.96 Å². The number of guanidine groups is 1. The Bertz CT molecular complexity index is 509. The molecule has 21 heavy (non-hydrogen) atoms. The Balaban J connectivity index is 0.00000220. The number of hydrogen-bond donors (Lipinski definition) is 1. The molecule has 0 bridgehead atoms. The number of rotatable bonds is 6. The van der Waals surface area contributed by atoms with E-state index in [1.807, 2.05) is 11.3 Å². The molecule has 2 aromatic rings. The average molecular weight is 435 g/mol. The van der Waals surface area contributed by atoms with Crippen molar-refractivity contribution in [2.24, 2.45) is 4.99 Å². The van der Waals surface area contributed by atoms with E-state index in [1.165, 1.54) is 9.75 Å². The maximum Gasteiger partial charge on any atom is 0.194 e. The highest BCUT2D eigenvalue weighted by atomic mass is 127. The topological polar surface area (TPSA) is 27.6 Å². The largest absolute Gasteiger partial charge is 0.357 e. The van der Waals surface area contributed by atoms with Crippen LogP contribution in [-0.2, 0) is 13.0 Å². The van der Waals surface area contributed by atoms with Gasteiger partial charge in [0.2, 0.25) is 0 Å². The highest BCUT2D eigenvalue weighted by molar-refractivity contribution is 14.0. The molecule has 0 aliphatic carbocycles. The number of hydrogen-bond acceptors (Lipinski definition) is 3. The summed E-state index contributed by atoms with van der Waals surface area (Å²) in [4.78, 5) is 9.63. The van der Waals surface area contributed by atoms with Gasteiger partial charge in [0, 0.05) is 29.9 Å². The molecule has 6 heteroatoms. The lowest BCUT2D eigenvalue weighted by Gasteiger charge is -2.21. The molecule has 0 spiro atoms. The van der Waals surface area contributed by atoms with Gasteiger partial charge in [-0.05, 0) is 36.2 Å². The summed E-state index contributed by atoms with van der Waals surface area (Å²) in [6.07, 6.45) is 1.07. The first-order valence-corrected chi connectivity index (χ1v) is 8.59. The zero-order valence-electron chi connectivity index (χ0n) is 12.4. The van der Waals surface area contributed by atoms with E-state index < -0.39 is 0 Å². The summed E-state index contributed by atoms with van der Waals surface area (Å²) >= 11 is 3.57. The van der Waals surface area contributed by atoms with Crippen molar-refractivity contribution in [3.8, 4) is 0 Å². The van der Waals surface area contributed by atoms with Crippen LogP contribution in [0.2, 0.25) is 0 Å². The van der Waals surface area contributed by atoms with Crippen molar-refractivity contribution in [2.75, 3.05) is 20.1 Å². The van der Waals surface area contributed by atoms with E-state index in [9.17, 15) is 0 Å². The third-order valence-corrected chi connectivity index (χ3v) is 4.73. The number of likely N-dealkylation sites (N-methyl/N-ethyl adjacent to an activating group) is 1. The third-order valence-electron chi connectivity index (χ3n) is 2.93. The fraction of sp³-hybridized carbons (Fsp3) is 0.400. The lowest BCUT2D eigenvalue weighted by Crippen LogP contribution is -2.39. The maximum absolute atomic E-state index is 4.70. The van der Waals surface area contributed by atoms with Crippen LogP contribution in [0.3, 0.4) is 0 Å². The predicted octanol–water partition coefficient (Wildman–Crippen LogP) is 4.07. The Morgan fingerprint density at radius 2 is 1.86 bits per heavy atom. The molecular formula is C15H22IN3S2. The van der Waals surface area contributed by atoms with E-state index in [1.54, 1.807) is 11.3 Å². The van der Waals surface area contributed by atoms with Crippen molar-refractivity contribution < 1.29 is 0 Å². The first-order chi connectivity index (χ1) is 9.79. The molecule has 0 aromatic carbocycles. The number of aliphatic imine (C=N–C) groups is 1. The standard InChI is InChI=1S/C15H21N3S2.HI/c1-3-16-15(17-12-14-7-5-11-20-14)18(2)9-8-13-6-4-10-19-13;/h4-7,10-11H,3,8-9,12H2,1-2H3,(H,16,17);1H. The highest BCUT2D eigenvalue weighted by Gasteiger charge is 2.06. The summed E-state index contributed by atoms with van der Waals surface area (Å²) in [6.45, 7) is 4.74. The molecule has 2 rings (SSSR count). The minimum absolute atomic E-state index is 0. The van der Waals surface area contributed by atoms with E-state index in [2.05, 4.69) is 59.2 Å². The highest BCUT2D eigenvalue weighted by Crippen LogP contribution is 2.11. The maximum atomic E-state index is 4.70. The van der Waals surface area contributed by atoms with Crippen LogP contribution in [0.15, 0.2) is 40.0 Å². The zero-order valence-corrected chi connectivity index (χ0v) is 16.4. The summed E-state index contributed by atoms with van der Waals surface area (Å²) in [5, 5.41) is 7.58. The van der Waals surface area contributed by atoms with Crippen LogP contribution in [0.1, 0.15) is 16.7 Å². The predicted molar refractivity (Wildman–Crippen MR) is 105 cm³/mol. The Hall–Kier alpha value is -0.600. The van der Waals surface area contributed by atoms with Crippen LogP contribution in [0.4, 0.5) is 0 Å². The quantitative estimate of drug-likeness (QED) is 0.421. The minimum Gasteiger partial charge on any atom is -0.357 e. The fourth-order valence-corrected chi connectivity index (χ4v) is 3.19. The summed E-state index contributed by atoms with van der Waals surface area (Å²) < 4.78 is 0. The van der Waals surface area contributed by atoms with Gasteiger partial charge < -0.3 is 10.2 Å². The fourth-order valence-electron chi connectivity index (χ4n) is 1.86. The summed E-state index contributed by atoms with van der Waals surface area (Å²) in [5.74, 6) is 0.984. The van der Waals surface area contributed by atoms with Gasteiger partial charge in [-0.25, -0.2) is 4.99 Å². The van der Waals surface area contributed by atoms with E-state index in [0.717, 1.165) is 32.0 Å². The van der Waals surface area contributed by atoms with E-state index in [-0.39, 0.29) is 24.0 Å². The van der Waals surface area contributed by atoms with Crippen LogP contribution in [-0.4, -0.2) is 31.0 Å². The summed E-state index contributed by atoms with van der Waals surface area (Å²) in [5.41, 5.74) is 0. The van der Waals surface area contributed by atoms with Crippen LogP contribution in [0.5, 0.6) is 0 Å². The molecular weight excluding hydrogens is 413 g/mol. The second-order valence-corrected chi connectivity index (χ2v) is 6.56. The van der Waals surface area contributed by atoms with Gasteiger partial charge in [-0.1, -0.05) is 12.1 Å². The van der Waals surface area contributed by atoms with E-state index >= 15 is 0 Å². The first-order valence-electron chi connectivity index (χ1n) is 6.83. The zero-order chi connectivity index (χ0) is 14.2. The van der Waals surface area contributed by atoms with Crippen LogP contribution in [0, 0.1) is 0 Å². The lowest BCUT2D eigenvalue weighted by atomic mass is 10.3. The molecule has 0 atom stereocenters. The first kappa shape index (κ1) is 18.4. The van der Waals surface area contributed by atoms with Gasteiger partial charge >= 0.3 is 0 Å². The second kappa shape index (κ2) is 10.2. The Labute approximate surface area is 152 Å². The second-order valence-electron chi connectivity index (χ2n) is 4.50. The van der Waals surface area contributed by atoms with Crippen LogP contribution in [0.25, 0.3) is 0 Å². The van der Waals surface area contributed by atoms with Gasteiger partial charge in [0.05, 0.1) is 6.54 Å². The molecule has 2 aromatic heterocycles. The Morgan fingerprint density at radius 3 is 2.43 bits per heavy atom. The Kier molecular flexibility index (Phi) is 8.94. The van der Waals surface area contributed by atoms with Gasteiger partial charge in [0.1, 0.15) is 0 Å².